The third-order valence-electron chi connectivity index (χ3n) is 3.44. The number of rotatable bonds is 5. The molecule has 2 rings (SSSR count). The Bertz CT molecular complexity index is 441. The van der Waals surface area contributed by atoms with E-state index in [1.165, 1.54) is 0 Å². The molecular formula is C14H17F2NO2. The van der Waals surface area contributed by atoms with Crippen LogP contribution in [0.3, 0.4) is 0 Å². The Labute approximate surface area is 110 Å². The van der Waals surface area contributed by atoms with Gasteiger partial charge in [-0.15, -0.1) is 0 Å². The summed E-state index contributed by atoms with van der Waals surface area (Å²) >= 11 is 0. The molecule has 0 saturated heterocycles. The lowest BCUT2D eigenvalue weighted by atomic mass is 9.90. The zero-order chi connectivity index (χ0) is 13.8. The average Bonchev–Trinajstić information content (AvgIpc) is 2.29. The van der Waals surface area contributed by atoms with E-state index < -0.39 is 11.6 Å². The topological polar surface area (TPSA) is 40.5 Å². The van der Waals surface area contributed by atoms with Gasteiger partial charge in [0.2, 0.25) is 0 Å². The van der Waals surface area contributed by atoms with E-state index in [9.17, 15) is 13.6 Å². The monoisotopic (exact) mass is 269 g/mol. The second-order valence-electron chi connectivity index (χ2n) is 4.82. The van der Waals surface area contributed by atoms with Crippen LogP contribution in [0.15, 0.2) is 18.2 Å². The average molecular weight is 269 g/mol. The van der Waals surface area contributed by atoms with Crippen LogP contribution in [0.25, 0.3) is 0 Å². The minimum absolute atomic E-state index is 0.00594. The van der Waals surface area contributed by atoms with Gasteiger partial charge in [0.15, 0.2) is 0 Å². The van der Waals surface area contributed by atoms with Crippen molar-refractivity contribution in [3.8, 4) is 0 Å². The van der Waals surface area contributed by atoms with Gasteiger partial charge < -0.3 is 10.0 Å². The van der Waals surface area contributed by atoms with E-state index in [1.807, 2.05) is 0 Å². The van der Waals surface area contributed by atoms with E-state index in [0.717, 1.165) is 37.5 Å². The third kappa shape index (κ3) is 3.29. The first-order valence-electron chi connectivity index (χ1n) is 6.49. The van der Waals surface area contributed by atoms with Gasteiger partial charge in [0, 0.05) is 30.8 Å². The fraction of sp³-hybridized carbons (Fsp3) is 0.500. The Kier molecular flexibility index (Phi) is 4.47. The predicted octanol–water partition coefficient (Wildman–Crippen LogP) is 2.34. The number of benzene rings is 1. The Morgan fingerprint density at radius 2 is 1.89 bits per heavy atom. The molecule has 104 valence electrons. The predicted molar refractivity (Wildman–Crippen MR) is 66.7 cm³/mol. The third-order valence-corrected chi connectivity index (χ3v) is 3.44. The van der Waals surface area contributed by atoms with Gasteiger partial charge in [-0.2, -0.15) is 0 Å². The van der Waals surface area contributed by atoms with Crippen molar-refractivity contribution in [2.45, 2.75) is 31.7 Å². The van der Waals surface area contributed by atoms with Gasteiger partial charge in [-0.05, 0) is 37.8 Å². The number of hydrogen-bond donors (Lipinski definition) is 1. The molecule has 0 spiro atoms. The van der Waals surface area contributed by atoms with Gasteiger partial charge in [-0.3, -0.25) is 4.79 Å². The molecule has 1 aromatic rings. The van der Waals surface area contributed by atoms with Crippen molar-refractivity contribution in [2.75, 3.05) is 13.2 Å². The smallest absolute Gasteiger partial charge is 0.254 e. The Morgan fingerprint density at radius 1 is 1.26 bits per heavy atom. The first-order chi connectivity index (χ1) is 9.11. The highest BCUT2D eigenvalue weighted by atomic mass is 19.1. The molecule has 1 saturated carbocycles. The standard InChI is InChI=1S/C14H17F2NO2/c15-11-7-10(8-12(16)9-11)14(19)17(5-2-6-18)13-3-1-4-13/h7-9,13,18H,1-6H2. The van der Waals surface area contributed by atoms with Crippen LogP contribution in [-0.4, -0.2) is 35.1 Å². The minimum Gasteiger partial charge on any atom is -0.396 e. The van der Waals surface area contributed by atoms with E-state index >= 15 is 0 Å². The number of carbonyl (C=O) groups excluding carboxylic acids is 1. The molecule has 19 heavy (non-hydrogen) atoms. The van der Waals surface area contributed by atoms with Crippen LogP contribution >= 0.6 is 0 Å². The van der Waals surface area contributed by atoms with Gasteiger partial charge >= 0.3 is 0 Å². The lowest BCUT2D eigenvalue weighted by molar-refractivity contribution is 0.0561. The maximum Gasteiger partial charge on any atom is 0.254 e. The summed E-state index contributed by atoms with van der Waals surface area (Å²) in [7, 11) is 0. The van der Waals surface area contributed by atoms with Crippen LogP contribution in [-0.2, 0) is 0 Å². The maximum atomic E-state index is 13.1. The molecular weight excluding hydrogens is 252 g/mol. The number of carbonyl (C=O) groups is 1. The number of nitrogens with zero attached hydrogens (tertiary/aromatic N) is 1. The largest absolute Gasteiger partial charge is 0.396 e. The molecule has 0 heterocycles. The van der Waals surface area contributed by atoms with Gasteiger partial charge in [-0.25, -0.2) is 8.78 Å². The molecule has 1 fully saturated rings. The number of hydrogen-bond acceptors (Lipinski definition) is 2. The van der Waals surface area contributed by atoms with Crippen molar-refractivity contribution in [1.82, 2.24) is 4.90 Å². The van der Waals surface area contributed by atoms with Crippen molar-refractivity contribution in [2.24, 2.45) is 0 Å². The van der Waals surface area contributed by atoms with Crippen LogP contribution in [0.1, 0.15) is 36.0 Å². The summed E-state index contributed by atoms with van der Waals surface area (Å²) in [6.45, 7) is 0.409. The van der Waals surface area contributed by atoms with Crippen LogP contribution in [0.2, 0.25) is 0 Å². The summed E-state index contributed by atoms with van der Waals surface area (Å²) in [5, 5.41) is 8.87. The van der Waals surface area contributed by atoms with Gasteiger partial charge in [0.05, 0.1) is 0 Å². The fourth-order valence-corrected chi connectivity index (χ4v) is 2.23. The molecule has 0 aromatic heterocycles. The lowest BCUT2D eigenvalue weighted by Crippen LogP contribution is -2.45. The maximum absolute atomic E-state index is 13.1. The summed E-state index contributed by atoms with van der Waals surface area (Å²) in [4.78, 5) is 13.9. The highest BCUT2D eigenvalue weighted by Gasteiger charge is 2.29. The molecule has 1 aromatic carbocycles. The molecule has 1 amide bonds. The fourth-order valence-electron chi connectivity index (χ4n) is 2.23. The Balaban J connectivity index is 2.17. The second-order valence-corrected chi connectivity index (χ2v) is 4.82. The number of aliphatic hydroxyl groups is 1. The molecule has 0 unspecified atom stereocenters. The quantitative estimate of drug-likeness (QED) is 0.891. The van der Waals surface area contributed by atoms with Crippen molar-refractivity contribution in [1.29, 1.82) is 0 Å². The summed E-state index contributed by atoms with van der Waals surface area (Å²) in [5.41, 5.74) is 0.0299. The van der Waals surface area contributed by atoms with E-state index in [4.69, 9.17) is 5.11 Å². The first-order valence-corrected chi connectivity index (χ1v) is 6.49. The van der Waals surface area contributed by atoms with Crippen molar-refractivity contribution < 1.29 is 18.7 Å². The molecule has 0 aliphatic heterocycles. The van der Waals surface area contributed by atoms with Gasteiger partial charge in [-0.1, -0.05) is 0 Å². The van der Waals surface area contributed by atoms with Gasteiger partial charge in [0.1, 0.15) is 11.6 Å². The highest BCUT2D eigenvalue weighted by molar-refractivity contribution is 5.94. The molecule has 3 nitrogen and oxygen atoms in total. The zero-order valence-corrected chi connectivity index (χ0v) is 10.6. The molecule has 0 bridgehead atoms. The minimum atomic E-state index is -0.751. The number of aliphatic hydroxyl groups excluding tert-OH is 1. The van der Waals surface area contributed by atoms with Crippen LogP contribution in [0, 0.1) is 11.6 Å². The second kappa shape index (κ2) is 6.10. The zero-order valence-electron chi connectivity index (χ0n) is 10.6. The van der Waals surface area contributed by atoms with Crippen LogP contribution < -0.4 is 0 Å². The van der Waals surface area contributed by atoms with E-state index in [1.54, 1.807) is 4.90 Å². The van der Waals surface area contributed by atoms with E-state index in [-0.39, 0.29) is 24.1 Å². The normalized spacial score (nSPS) is 15.1. The SMILES string of the molecule is O=C(c1cc(F)cc(F)c1)N(CCCO)C1CCC1. The Morgan fingerprint density at radius 3 is 2.37 bits per heavy atom. The Hall–Kier alpha value is -1.49. The molecule has 1 N–H and O–H groups in total. The van der Waals surface area contributed by atoms with Crippen molar-refractivity contribution in [3.05, 3.63) is 35.4 Å². The molecule has 5 heteroatoms. The number of amides is 1. The number of halogens is 2. The summed E-state index contributed by atoms with van der Waals surface area (Å²) in [6.07, 6.45) is 3.36. The summed E-state index contributed by atoms with van der Waals surface area (Å²) in [5.74, 6) is -1.87. The molecule has 0 radical (unpaired) electrons. The molecule has 1 aliphatic carbocycles. The highest BCUT2D eigenvalue weighted by Crippen LogP contribution is 2.26. The first kappa shape index (κ1) is 13.9. The lowest BCUT2D eigenvalue weighted by Gasteiger charge is -2.37. The van der Waals surface area contributed by atoms with Crippen molar-refractivity contribution in [3.63, 3.8) is 0 Å². The summed E-state index contributed by atoms with van der Waals surface area (Å²) < 4.78 is 26.3. The molecule has 1 aliphatic rings. The summed E-state index contributed by atoms with van der Waals surface area (Å²) in [6, 6.07) is 2.98. The van der Waals surface area contributed by atoms with E-state index in [2.05, 4.69) is 0 Å². The molecule has 0 atom stereocenters. The van der Waals surface area contributed by atoms with Crippen LogP contribution in [0.4, 0.5) is 8.78 Å². The van der Waals surface area contributed by atoms with E-state index in [0.29, 0.717) is 13.0 Å². The van der Waals surface area contributed by atoms with Crippen molar-refractivity contribution >= 4 is 5.91 Å². The van der Waals surface area contributed by atoms with Gasteiger partial charge in [0.25, 0.3) is 5.91 Å². The van der Waals surface area contributed by atoms with Crippen LogP contribution in [0.5, 0.6) is 0 Å².